The van der Waals surface area contributed by atoms with Gasteiger partial charge in [0.1, 0.15) is 0 Å². The van der Waals surface area contributed by atoms with Crippen molar-refractivity contribution in [2.45, 2.75) is 82.1 Å². The maximum atomic E-state index is 13.2. The molecule has 1 fully saturated rings. The Morgan fingerprint density at radius 1 is 1.24 bits per heavy atom. The molecule has 2 heterocycles. The van der Waals surface area contributed by atoms with Gasteiger partial charge in [0, 0.05) is 18.0 Å². The van der Waals surface area contributed by atoms with Crippen LogP contribution in [0.2, 0.25) is 0 Å². The number of sulfone groups is 1. The first-order valence-corrected chi connectivity index (χ1v) is 15.3. The highest BCUT2D eigenvalue weighted by molar-refractivity contribution is 7.91. The van der Waals surface area contributed by atoms with Crippen molar-refractivity contribution in [3.05, 3.63) is 40.4 Å². The highest BCUT2D eigenvalue weighted by atomic mass is 32.2. The van der Waals surface area contributed by atoms with Crippen molar-refractivity contribution in [3.63, 3.8) is 0 Å². The van der Waals surface area contributed by atoms with Gasteiger partial charge < -0.3 is 10.4 Å². The van der Waals surface area contributed by atoms with Gasteiger partial charge in [-0.25, -0.2) is 13.4 Å². The number of benzene rings is 1. The second kappa shape index (κ2) is 10.9. The van der Waals surface area contributed by atoms with E-state index in [1.54, 1.807) is 19.1 Å². The quantitative estimate of drug-likeness (QED) is 0.455. The van der Waals surface area contributed by atoms with Crippen LogP contribution in [0.15, 0.2) is 29.2 Å². The monoisotopic (exact) mass is 573 g/mol. The first-order valence-electron chi connectivity index (χ1n) is 12.9. The van der Waals surface area contributed by atoms with Crippen molar-refractivity contribution < 1.29 is 31.5 Å². The Balaban J connectivity index is 1.36. The fourth-order valence-corrected chi connectivity index (χ4v) is 7.34. The maximum Gasteiger partial charge on any atom is 0.417 e. The molecule has 38 heavy (non-hydrogen) atoms. The Kier molecular flexibility index (Phi) is 8.28. The number of nitrogens with zero attached hydrogens (tertiary/aromatic N) is 2. The van der Waals surface area contributed by atoms with Crippen molar-refractivity contribution in [3.8, 4) is 0 Å². The van der Waals surface area contributed by atoms with Gasteiger partial charge in [-0.2, -0.15) is 13.2 Å². The molecule has 1 aliphatic heterocycles. The third kappa shape index (κ3) is 6.08. The molecule has 1 aromatic heterocycles. The number of fused-ring (bicyclic) bond motifs is 1. The third-order valence-electron chi connectivity index (χ3n) is 7.61. The lowest BCUT2D eigenvalue weighted by Gasteiger charge is -2.39. The van der Waals surface area contributed by atoms with Crippen LogP contribution in [0.25, 0.3) is 0 Å². The lowest BCUT2D eigenvalue weighted by molar-refractivity contribution is -0.272. The van der Waals surface area contributed by atoms with Gasteiger partial charge in [0.15, 0.2) is 20.6 Å². The number of anilines is 1. The minimum Gasteiger partial charge on any atom is -0.380 e. The molecule has 210 valence electrons. The highest BCUT2D eigenvalue weighted by Gasteiger charge is 2.54. The van der Waals surface area contributed by atoms with E-state index in [1.165, 1.54) is 23.5 Å². The molecule has 1 amide bonds. The first-order chi connectivity index (χ1) is 17.7. The van der Waals surface area contributed by atoms with Crippen LogP contribution in [0, 0.1) is 11.8 Å². The van der Waals surface area contributed by atoms with Gasteiger partial charge in [-0.3, -0.25) is 9.69 Å². The lowest BCUT2D eigenvalue weighted by atomic mass is 9.78. The number of rotatable bonds is 8. The third-order valence-corrected chi connectivity index (χ3v) is 10.3. The normalized spacial score (nSPS) is 24.5. The second-order valence-electron chi connectivity index (χ2n) is 10.7. The van der Waals surface area contributed by atoms with Crippen LogP contribution < -0.4 is 5.32 Å². The van der Waals surface area contributed by atoms with Crippen LogP contribution in [0.3, 0.4) is 0 Å². The Labute approximate surface area is 225 Å². The summed E-state index contributed by atoms with van der Waals surface area (Å²) in [7, 11) is -3.30. The molecule has 1 aliphatic carbocycles. The molecule has 2 aliphatic rings. The molecular formula is C26H34F3N3O4S2. The highest BCUT2D eigenvalue weighted by Crippen LogP contribution is 2.46. The van der Waals surface area contributed by atoms with E-state index >= 15 is 0 Å². The van der Waals surface area contributed by atoms with Gasteiger partial charge in [-0.05, 0) is 55.2 Å². The Morgan fingerprint density at radius 2 is 1.87 bits per heavy atom. The van der Waals surface area contributed by atoms with E-state index in [0.29, 0.717) is 36.6 Å². The molecule has 2 aromatic rings. The lowest BCUT2D eigenvalue weighted by Crippen LogP contribution is -2.48. The zero-order chi connectivity index (χ0) is 27.9. The van der Waals surface area contributed by atoms with Gasteiger partial charge in [0.2, 0.25) is 5.91 Å². The fourth-order valence-electron chi connectivity index (χ4n) is 5.42. The number of hydrogen-bond acceptors (Lipinski definition) is 7. The number of carbonyl (C=O) groups excluding carboxylic acids is 1. The zero-order valence-corrected chi connectivity index (χ0v) is 23.3. The van der Waals surface area contributed by atoms with E-state index in [4.69, 9.17) is 4.98 Å². The summed E-state index contributed by atoms with van der Waals surface area (Å²) in [4.78, 5) is 20.9. The van der Waals surface area contributed by atoms with E-state index in [9.17, 15) is 31.5 Å². The van der Waals surface area contributed by atoms with E-state index in [1.807, 2.05) is 0 Å². The summed E-state index contributed by atoms with van der Waals surface area (Å²) in [6.07, 6.45) is -4.40. The van der Waals surface area contributed by atoms with Crippen LogP contribution in [0.5, 0.6) is 0 Å². The molecular weight excluding hydrogens is 539 g/mol. The minimum atomic E-state index is -4.60. The molecule has 4 rings (SSSR count). The molecule has 0 bridgehead atoms. The SMILES string of the molecule is CCS(=O)(=O)c1ccc(CC(=O)Nc2nc3c(s2)CN(C[C@H]2CC[C@@](O)(C(F)(F)F)CC2)[C@H]3C(C)C)cc1. The summed E-state index contributed by atoms with van der Waals surface area (Å²) in [6, 6.07) is 6.30. The summed E-state index contributed by atoms with van der Waals surface area (Å²) >= 11 is 1.41. The zero-order valence-electron chi connectivity index (χ0n) is 21.7. The van der Waals surface area contributed by atoms with Crippen molar-refractivity contribution in [1.29, 1.82) is 0 Å². The molecule has 0 radical (unpaired) electrons. The summed E-state index contributed by atoms with van der Waals surface area (Å²) in [5.41, 5.74) is -0.983. The largest absolute Gasteiger partial charge is 0.417 e. The van der Waals surface area contributed by atoms with Crippen LogP contribution in [-0.2, 0) is 27.6 Å². The van der Waals surface area contributed by atoms with Crippen LogP contribution in [0.1, 0.15) is 68.6 Å². The number of aromatic nitrogens is 1. The van der Waals surface area contributed by atoms with E-state index in [0.717, 1.165) is 10.6 Å². The number of thiazole rings is 1. The molecule has 0 saturated heterocycles. The first kappa shape index (κ1) is 29.0. The molecule has 0 unspecified atom stereocenters. The number of hydrogen-bond donors (Lipinski definition) is 2. The molecule has 1 atom stereocenters. The van der Waals surface area contributed by atoms with Gasteiger partial charge in [0.25, 0.3) is 0 Å². The number of halogens is 3. The van der Waals surface area contributed by atoms with Gasteiger partial charge in [-0.15, -0.1) is 11.3 Å². The fraction of sp³-hybridized carbons (Fsp3) is 0.615. The summed E-state index contributed by atoms with van der Waals surface area (Å²) < 4.78 is 63.4. The average molecular weight is 574 g/mol. The molecule has 1 saturated carbocycles. The van der Waals surface area contributed by atoms with E-state index < -0.39 is 21.6 Å². The van der Waals surface area contributed by atoms with E-state index in [-0.39, 0.29) is 53.7 Å². The molecule has 0 spiro atoms. The van der Waals surface area contributed by atoms with Crippen molar-refractivity contribution >= 4 is 32.2 Å². The van der Waals surface area contributed by atoms with Gasteiger partial charge in [0.05, 0.1) is 28.8 Å². The Bertz CT molecular complexity index is 1250. The molecule has 1 aromatic carbocycles. The Morgan fingerprint density at radius 3 is 2.42 bits per heavy atom. The summed E-state index contributed by atoms with van der Waals surface area (Å²) in [6.45, 7) is 7.01. The number of carbonyl (C=O) groups is 1. The van der Waals surface area contributed by atoms with Gasteiger partial charge >= 0.3 is 6.18 Å². The topological polar surface area (TPSA) is 99.6 Å². The van der Waals surface area contributed by atoms with Crippen LogP contribution in [-0.4, -0.2) is 53.4 Å². The second-order valence-corrected chi connectivity index (χ2v) is 14.1. The number of alkyl halides is 3. The van der Waals surface area contributed by atoms with Gasteiger partial charge in [-0.1, -0.05) is 32.9 Å². The van der Waals surface area contributed by atoms with Crippen molar-refractivity contribution in [1.82, 2.24) is 9.88 Å². The number of aliphatic hydroxyl groups is 1. The minimum absolute atomic E-state index is 0.00314. The molecule has 2 N–H and O–H groups in total. The predicted octanol–water partition coefficient (Wildman–Crippen LogP) is 5.11. The summed E-state index contributed by atoms with van der Waals surface area (Å²) in [5, 5.41) is 13.3. The Hall–Kier alpha value is -2.02. The molecule has 12 heteroatoms. The van der Waals surface area contributed by atoms with Crippen molar-refractivity contribution in [2.75, 3.05) is 17.6 Å². The predicted molar refractivity (Wildman–Crippen MR) is 140 cm³/mol. The van der Waals surface area contributed by atoms with E-state index in [2.05, 4.69) is 24.1 Å². The summed E-state index contributed by atoms with van der Waals surface area (Å²) in [5.74, 6) is 0.0559. The van der Waals surface area contributed by atoms with Crippen LogP contribution in [0.4, 0.5) is 18.3 Å². The standard InChI is InChI=1S/C26H34F3N3O4S2/c1-4-38(35,36)19-7-5-17(6-8-19)13-21(33)30-24-31-22-20(37-24)15-32(23(22)16(2)3)14-18-9-11-25(34,12-10-18)26(27,28)29/h5-8,16,18,23,34H,4,9-15H2,1-3H3,(H,30,31,33)/t18-,23-,25-/m0/s1. The van der Waals surface area contributed by atoms with Crippen LogP contribution >= 0.6 is 11.3 Å². The molecule has 7 nitrogen and oxygen atoms in total. The number of nitrogens with one attached hydrogen (secondary N) is 1. The number of amides is 1. The van der Waals surface area contributed by atoms with Crippen molar-refractivity contribution in [2.24, 2.45) is 11.8 Å². The average Bonchev–Trinajstić information content (AvgIpc) is 3.36. The maximum absolute atomic E-state index is 13.2. The smallest absolute Gasteiger partial charge is 0.380 e.